The maximum atomic E-state index is 11.3. The summed E-state index contributed by atoms with van der Waals surface area (Å²) >= 11 is 0. The number of ether oxygens (including phenoxy) is 1. The molecule has 0 amide bonds. The largest absolute Gasteiger partial charge is 0.379 e. The van der Waals surface area contributed by atoms with Gasteiger partial charge in [-0.3, -0.25) is 10.1 Å². The van der Waals surface area contributed by atoms with Crippen LogP contribution in [-0.2, 0) is 14.8 Å². The van der Waals surface area contributed by atoms with Gasteiger partial charge in [0.25, 0.3) is 5.69 Å². The molecule has 0 aromatic heterocycles. The molecule has 1 unspecified atom stereocenters. The topological polar surface area (TPSA) is 125 Å². The van der Waals surface area contributed by atoms with Crippen molar-refractivity contribution >= 4 is 21.4 Å². The van der Waals surface area contributed by atoms with Gasteiger partial charge in [-0.1, -0.05) is 0 Å². The lowest BCUT2D eigenvalue weighted by Gasteiger charge is -2.22. The van der Waals surface area contributed by atoms with Gasteiger partial charge in [-0.2, -0.15) is 0 Å². The molecule has 2 rings (SSSR count). The first-order valence-electron chi connectivity index (χ1n) is 7.04. The van der Waals surface area contributed by atoms with Crippen molar-refractivity contribution in [2.45, 2.75) is 36.7 Å². The minimum Gasteiger partial charge on any atom is -0.379 e. The van der Waals surface area contributed by atoms with Crippen LogP contribution in [0.1, 0.15) is 25.7 Å². The molecule has 1 aliphatic rings. The molecule has 1 aromatic rings. The summed E-state index contributed by atoms with van der Waals surface area (Å²) in [6.07, 6.45) is 4.12. The van der Waals surface area contributed by atoms with Crippen molar-refractivity contribution in [3.63, 3.8) is 0 Å². The van der Waals surface area contributed by atoms with Crippen LogP contribution < -0.4 is 10.5 Å². The number of hydrogen-bond donors (Lipinski definition) is 2. The molecule has 0 radical (unpaired) electrons. The lowest BCUT2D eigenvalue weighted by molar-refractivity contribution is -0.384. The number of nitrogens with zero attached hydrogens (tertiary/aromatic N) is 1. The van der Waals surface area contributed by atoms with E-state index in [0.717, 1.165) is 38.4 Å². The summed E-state index contributed by atoms with van der Waals surface area (Å²) in [6.45, 7) is 1.27. The number of rotatable bonds is 6. The van der Waals surface area contributed by atoms with Crippen molar-refractivity contribution in [2.75, 3.05) is 18.5 Å². The Bertz CT molecular complexity index is 641. The van der Waals surface area contributed by atoms with E-state index in [1.165, 1.54) is 12.1 Å². The van der Waals surface area contributed by atoms with Gasteiger partial charge in [0.05, 0.1) is 15.9 Å². The van der Waals surface area contributed by atoms with E-state index in [1.807, 2.05) is 0 Å². The third kappa shape index (κ3) is 4.39. The Morgan fingerprint density at radius 2 is 2.18 bits per heavy atom. The number of sulfonamides is 1. The Labute approximate surface area is 128 Å². The Morgan fingerprint density at radius 3 is 2.77 bits per heavy atom. The van der Waals surface area contributed by atoms with Crippen molar-refractivity contribution < 1.29 is 18.1 Å². The third-order valence-electron chi connectivity index (χ3n) is 3.55. The first-order chi connectivity index (χ1) is 10.4. The summed E-state index contributed by atoms with van der Waals surface area (Å²) in [6, 6.07) is 3.58. The second kappa shape index (κ2) is 7.03. The molecule has 122 valence electrons. The second-order valence-electron chi connectivity index (χ2n) is 5.19. The summed E-state index contributed by atoms with van der Waals surface area (Å²) in [5.41, 5.74) is -0.0377. The zero-order chi connectivity index (χ0) is 16.2. The van der Waals surface area contributed by atoms with Gasteiger partial charge in [-0.05, 0) is 37.8 Å². The fourth-order valence-corrected chi connectivity index (χ4v) is 2.93. The Hall–Kier alpha value is -1.71. The molecule has 0 aliphatic carbocycles. The molecule has 9 heteroatoms. The van der Waals surface area contributed by atoms with E-state index in [9.17, 15) is 18.5 Å². The fourth-order valence-electron chi connectivity index (χ4n) is 2.39. The van der Waals surface area contributed by atoms with Gasteiger partial charge >= 0.3 is 0 Å². The Kier molecular flexibility index (Phi) is 5.33. The number of primary sulfonamides is 1. The highest BCUT2D eigenvalue weighted by Crippen LogP contribution is 2.27. The van der Waals surface area contributed by atoms with Gasteiger partial charge in [-0.15, -0.1) is 0 Å². The predicted molar refractivity (Wildman–Crippen MR) is 81.2 cm³/mol. The molecule has 0 bridgehead atoms. The zero-order valence-corrected chi connectivity index (χ0v) is 12.8. The van der Waals surface area contributed by atoms with Crippen molar-refractivity contribution in [3.8, 4) is 0 Å². The molecular weight excluding hydrogens is 310 g/mol. The van der Waals surface area contributed by atoms with E-state index in [1.54, 1.807) is 0 Å². The van der Waals surface area contributed by atoms with E-state index < -0.39 is 14.9 Å². The summed E-state index contributed by atoms with van der Waals surface area (Å²) in [7, 11) is -3.97. The predicted octanol–water partition coefficient (Wildman–Crippen LogP) is 1.61. The molecule has 1 fully saturated rings. The zero-order valence-electron chi connectivity index (χ0n) is 12.0. The molecular formula is C13H19N3O5S. The van der Waals surface area contributed by atoms with E-state index in [-0.39, 0.29) is 22.4 Å². The first-order valence-corrected chi connectivity index (χ1v) is 8.59. The van der Waals surface area contributed by atoms with Gasteiger partial charge in [0, 0.05) is 19.2 Å². The summed E-state index contributed by atoms with van der Waals surface area (Å²) in [5, 5.41) is 19.0. The van der Waals surface area contributed by atoms with Gasteiger partial charge in [0.2, 0.25) is 10.0 Å². The molecule has 3 N–H and O–H groups in total. The van der Waals surface area contributed by atoms with Crippen LogP contribution in [0, 0.1) is 10.1 Å². The van der Waals surface area contributed by atoms with Crippen molar-refractivity contribution in [2.24, 2.45) is 5.14 Å². The summed E-state index contributed by atoms with van der Waals surface area (Å²) in [5.74, 6) is 0. The quantitative estimate of drug-likeness (QED) is 0.603. The Morgan fingerprint density at radius 1 is 1.41 bits per heavy atom. The van der Waals surface area contributed by atoms with Crippen LogP contribution in [0.3, 0.4) is 0 Å². The average molecular weight is 329 g/mol. The molecule has 0 saturated carbocycles. The SMILES string of the molecule is NS(=O)(=O)c1ccc(NCCC2CCCCO2)c([N+](=O)[O-])c1. The minimum atomic E-state index is -3.97. The van der Waals surface area contributed by atoms with Gasteiger partial charge in [0.15, 0.2) is 0 Å². The van der Waals surface area contributed by atoms with Crippen molar-refractivity contribution in [1.29, 1.82) is 0 Å². The lowest BCUT2D eigenvalue weighted by Crippen LogP contribution is -2.22. The molecule has 0 spiro atoms. The number of nitrogens with two attached hydrogens (primary N) is 1. The number of nitro groups is 1. The standard InChI is InChI=1S/C13H19N3O5S/c14-22(19,20)11-4-5-12(13(9-11)16(17)18)15-7-6-10-3-1-2-8-21-10/h4-5,9-10,15H,1-3,6-8H2,(H2,14,19,20). The highest BCUT2D eigenvalue weighted by molar-refractivity contribution is 7.89. The highest BCUT2D eigenvalue weighted by atomic mass is 32.2. The van der Waals surface area contributed by atoms with E-state index in [0.29, 0.717) is 6.54 Å². The second-order valence-corrected chi connectivity index (χ2v) is 6.75. The smallest absolute Gasteiger partial charge is 0.293 e. The molecule has 1 aliphatic heterocycles. The highest BCUT2D eigenvalue weighted by Gasteiger charge is 2.19. The summed E-state index contributed by atoms with van der Waals surface area (Å²) < 4.78 is 28.1. The van der Waals surface area contributed by atoms with Crippen LogP contribution in [-0.4, -0.2) is 32.6 Å². The van der Waals surface area contributed by atoms with Crippen molar-refractivity contribution in [1.82, 2.24) is 0 Å². The molecule has 1 aromatic carbocycles. The molecule has 1 atom stereocenters. The van der Waals surface area contributed by atoms with E-state index in [2.05, 4.69) is 5.32 Å². The lowest BCUT2D eigenvalue weighted by atomic mass is 10.1. The fraction of sp³-hybridized carbons (Fsp3) is 0.538. The van der Waals surface area contributed by atoms with E-state index in [4.69, 9.17) is 9.88 Å². The normalized spacial score (nSPS) is 18.9. The number of nitrogens with one attached hydrogen (secondary N) is 1. The number of benzene rings is 1. The van der Waals surface area contributed by atoms with Crippen LogP contribution in [0.2, 0.25) is 0 Å². The van der Waals surface area contributed by atoms with Gasteiger partial charge in [-0.25, -0.2) is 13.6 Å². The van der Waals surface area contributed by atoms with Crippen LogP contribution in [0.25, 0.3) is 0 Å². The first kappa shape index (κ1) is 16.7. The van der Waals surface area contributed by atoms with Crippen LogP contribution >= 0.6 is 0 Å². The molecule has 22 heavy (non-hydrogen) atoms. The van der Waals surface area contributed by atoms with Crippen molar-refractivity contribution in [3.05, 3.63) is 28.3 Å². The van der Waals surface area contributed by atoms with Gasteiger partial charge < -0.3 is 10.1 Å². The maximum Gasteiger partial charge on any atom is 0.293 e. The monoisotopic (exact) mass is 329 g/mol. The van der Waals surface area contributed by atoms with Crippen LogP contribution in [0.4, 0.5) is 11.4 Å². The summed E-state index contributed by atoms with van der Waals surface area (Å²) in [4.78, 5) is 10.2. The molecule has 8 nitrogen and oxygen atoms in total. The van der Waals surface area contributed by atoms with Crippen LogP contribution in [0.15, 0.2) is 23.1 Å². The number of hydrogen-bond acceptors (Lipinski definition) is 6. The minimum absolute atomic E-state index is 0.170. The maximum absolute atomic E-state index is 11.3. The molecule has 1 heterocycles. The number of anilines is 1. The Balaban J connectivity index is 2.05. The molecule has 1 saturated heterocycles. The van der Waals surface area contributed by atoms with Gasteiger partial charge in [0.1, 0.15) is 5.69 Å². The van der Waals surface area contributed by atoms with E-state index >= 15 is 0 Å². The third-order valence-corrected chi connectivity index (χ3v) is 4.46. The average Bonchev–Trinajstić information content (AvgIpc) is 2.47. The van der Waals surface area contributed by atoms with Crippen LogP contribution in [0.5, 0.6) is 0 Å². The number of nitro benzene ring substituents is 1.